The third-order valence-corrected chi connectivity index (χ3v) is 6.23. The Balaban J connectivity index is 0.000000204. The van der Waals surface area contributed by atoms with E-state index in [0.29, 0.717) is 16.3 Å². The minimum Gasteiger partial charge on any atom is -0.397 e. The van der Waals surface area contributed by atoms with Crippen LogP contribution in [0.5, 0.6) is 0 Å². The van der Waals surface area contributed by atoms with E-state index in [9.17, 15) is 32.3 Å². The standard InChI is InChI=1S/C16H14FN3O2.C6H12.C5H4F3N3O/c1-9(21)11-7-18-15(19-8-11)13-5-10-3-4-20(2)16(22)12(10)6-14(13)17;1-2-4-6-5-3-1;6-5(7,8)3-2(9)1-10-11-4(3)12/h3-9,21H,1-2H3;1-6H2;1H,(H3,9,11,12). The summed E-state index contributed by atoms with van der Waals surface area (Å²) in [6, 6.07) is 4.51. The summed E-state index contributed by atoms with van der Waals surface area (Å²) in [6.07, 6.45) is 8.87. The van der Waals surface area contributed by atoms with E-state index < -0.39 is 34.9 Å². The van der Waals surface area contributed by atoms with Crippen LogP contribution in [0.2, 0.25) is 0 Å². The Bertz CT molecular complexity index is 1530. The van der Waals surface area contributed by atoms with E-state index in [1.165, 1.54) is 61.6 Å². The Hall–Kier alpha value is -4.13. The van der Waals surface area contributed by atoms with Crippen LogP contribution in [-0.4, -0.2) is 29.8 Å². The van der Waals surface area contributed by atoms with Crippen molar-refractivity contribution in [1.82, 2.24) is 24.7 Å². The Morgan fingerprint density at radius 2 is 1.60 bits per heavy atom. The van der Waals surface area contributed by atoms with Gasteiger partial charge < -0.3 is 15.4 Å². The monoisotopic (exact) mass is 562 g/mol. The topological polar surface area (TPSA) is 140 Å². The van der Waals surface area contributed by atoms with Crippen LogP contribution in [0.1, 0.15) is 62.7 Å². The summed E-state index contributed by atoms with van der Waals surface area (Å²) in [4.78, 5) is 30.7. The number of nitrogens with one attached hydrogen (secondary N) is 1. The summed E-state index contributed by atoms with van der Waals surface area (Å²) in [5.74, 6) is -0.343. The third kappa shape index (κ3) is 7.72. The summed E-state index contributed by atoms with van der Waals surface area (Å²) in [5.41, 5.74) is 2.01. The van der Waals surface area contributed by atoms with Crippen molar-refractivity contribution in [3.8, 4) is 11.4 Å². The van der Waals surface area contributed by atoms with Crippen LogP contribution in [0.15, 0.2) is 52.6 Å². The number of aliphatic hydroxyl groups excluding tert-OH is 1. The number of alkyl halides is 3. The van der Waals surface area contributed by atoms with Crippen molar-refractivity contribution in [2.45, 2.75) is 57.7 Å². The zero-order valence-electron chi connectivity index (χ0n) is 22.0. The number of anilines is 1. The number of aromatic nitrogens is 5. The Labute approximate surface area is 226 Å². The molecule has 1 aliphatic carbocycles. The lowest BCUT2D eigenvalue weighted by Crippen LogP contribution is -2.24. The zero-order chi connectivity index (χ0) is 29.4. The second-order valence-corrected chi connectivity index (χ2v) is 9.32. The molecule has 1 atom stereocenters. The third-order valence-electron chi connectivity index (χ3n) is 6.23. The largest absolute Gasteiger partial charge is 0.423 e. The van der Waals surface area contributed by atoms with E-state index in [1.807, 2.05) is 0 Å². The lowest BCUT2D eigenvalue weighted by atomic mass is 10.0. The number of aliphatic hydroxyl groups is 1. The fourth-order valence-corrected chi connectivity index (χ4v) is 3.99. The normalized spacial score (nSPS) is 14.0. The highest BCUT2D eigenvalue weighted by Crippen LogP contribution is 2.29. The van der Waals surface area contributed by atoms with Crippen molar-refractivity contribution < 1.29 is 22.7 Å². The highest BCUT2D eigenvalue weighted by Gasteiger charge is 2.36. The first-order chi connectivity index (χ1) is 18.9. The van der Waals surface area contributed by atoms with E-state index in [1.54, 1.807) is 37.4 Å². The number of rotatable bonds is 2. The maximum atomic E-state index is 14.3. The predicted octanol–water partition coefficient (Wildman–Crippen LogP) is 4.90. The van der Waals surface area contributed by atoms with Gasteiger partial charge in [-0.2, -0.15) is 18.3 Å². The molecule has 1 aromatic carbocycles. The summed E-state index contributed by atoms with van der Waals surface area (Å²) in [6.45, 7) is 1.60. The van der Waals surface area contributed by atoms with Crippen molar-refractivity contribution in [2.75, 3.05) is 5.73 Å². The highest BCUT2D eigenvalue weighted by atomic mass is 19.4. The molecule has 0 aliphatic heterocycles. The SMILES string of the molecule is C1CCCCC1.CC(O)c1cnc(-c2cc3ccn(C)c(=O)c3cc2F)nc1.Nc1cn[nH]c(=O)c1C(F)(F)F. The highest BCUT2D eigenvalue weighted by molar-refractivity contribution is 5.85. The maximum absolute atomic E-state index is 14.3. The van der Waals surface area contributed by atoms with Crippen molar-refractivity contribution in [2.24, 2.45) is 7.05 Å². The van der Waals surface area contributed by atoms with Crippen LogP contribution in [0.4, 0.5) is 23.2 Å². The van der Waals surface area contributed by atoms with Crippen LogP contribution in [-0.2, 0) is 13.2 Å². The number of fused-ring (bicyclic) bond motifs is 1. The van der Waals surface area contributed by atoms with Crippen molar-refractivity contribution in [1.29, 1.82) is 0 Å². The number of aromatic amines is 1. The molecule has 4 N–H and O–H groups in total. The molecule has 0 spiro atoms. The van der Waals surface area contributed by atoms with Gasteiger partial charge in [-0.05, 0) is 30.5 Å². The number of aryl methyl sites for hydroxylation is 1. The van der Waals surface area contributed by atoms with E-state index in [2.05, 4.69) is 15.1 Å². The quantitative estimate of drug-likeness (QED) is 0.295. The zero-order valence-corrected chi connectivity index (χ0v) is 22.0. The molecule has 1 saturated carbocycles. The van der Waals surface area contributed by atoms with Crippen LogP contribution < -0.4 is 16.9 Å². The number of nitrogens with zero attached hydrogens (tertiary/aromatic N) is 4. The summed E-state index contributed by atoms with van der Waals surface area (Å²) in [7, 11) is 1.62. The van der Waals surface area contributed by atoms with Gasteiger partial charge in [0.15, 0.2) is 5.82 Å². The van der Waals surface area contributed by atoms with Crippen LogP contribution in [0.3, 0.4) is 0 Å². The second kappa shape index (κ2) is 13.3. The minimum absolute atomic E-state index is 0.212. The molecule has 0 saturated heterocycles. The summed E-state index contributed by atoms with van der Waals surface area (Å²) in [5, 5.41) is 15.1. The number of halogens is 4. The average molecular weight is 563 g/mol. The van der Waals surface area contributed by atoms with Gasteiger partial charge in [-0.25, -0.2) is 19.5 Å². The molecule has 40 heavy (non-hydrogen) atoms. The van der Waals surface area contributed by atoms with Crippen molar-refractivity contribution >= 4 is 16.5 Å². The lowest BCUT2D eigenvalue weighted by molar-refractivity contribution is -0.138. The van der Waals surface area contributed by atoms with Gasteiger partial charge in [0.05, 0.1) is 28.9 Å². The number of nitrogen functional groups attached to an aromatic ring is 1. The van der Waals surface area contributed by atoms with Gasteiger partial charge in [0.1, 0.15) is 11.4 Å². The molecule has 5 rings (SSSR count). The number of benzene rings is 1. The van der Waals surface area contributed by atoms with Crippen LogP contribution in [0.25, 0.3) is 22.2 Å². The van der Waals surface area contributed by atoms with Gasteiger partial charge in [-0.1, -0.05) is 38.5 Å². The fourth-order valence-electron chi connectivity index (χ4n) is 3.99. The molecule has 0 bridgehead atoms. The van der Waals surface area contributed by atoms with E-state index in [4.69, 9.17) is 5.73 Å². The molecule has 1 unspecified atom stereocenters. The molecule has 4 aromatic rings. The molecule has 1 aliphatic rings. The lowest BCUT2D eigenvalue weighted by Gasteiger charge is -2.07. The number of hydrogen-bond donors (Lipinski definition) is 3. The molecule has 13 heteroatoms. The number of hydrogen-bond acceptors (Lipinski definition) is 7. The first-order valence-electron chi connectivity index (χ1n) is 12.6. The number of H-pyrrole nitrogens is 1. The molecule has 3 heterocycles. The molecule has 9 nitrogen and oxygen atoms in total. The van der Waals surface area contributed by atoms with E-state index >= 15 is 0 Å². The van der Waals surface area contributed by atoms with Crippen molar-refractivity contribution in [3.05, 3.63) is 80.6 Å². The maximum Gasteiger partial charge on any atom is 0.423 e. The van der Waals surface area contributed by atoms with Crippen molar-refractivity contribution in [3.63, 3.8) is 0 Å². The molecule has 1 fully saturated rings. The minimum atomic E-state index is -4.74. The van der Waals surface area contributed by atoms with Gasteiger partial charge in [-0.3, -0.25) is 9.59 Å². The van der Waals surface area contributed by atoms with Gasteiger partial charge >= 0.3 is 6.18 Å². The molecule has 0 amide bonds. The predicted molar refractivity (Wildman–Crippen MR) is 143 cm³/mol. The van der Waals surface area contributed by atoms with Gasteiger partial charge in [0.25, 0.3) is 11.1 Å². The second-order valence-electron chi connectivity index (χ2n) is 9.32. The smallest absolute Gasteiger partial charge is 0.397 e. The Morgan fingerprint density at radius 3 is 2.08 bits per heavy atom. The van der Waals surface area contributed by atoms with Crippen LogP contribution >= 0.6 is 0 Å². The van der Waals surface area contributed by atoms with E-state index in [-0.39, 0.29) is 16.9 Å². The first kappa shape index (κ1) is 30.4. The van der Waals surface area contributed by atoms with Gasteiger partial charge in [0, 0.05) is 31.2 Å². The first-order valence-corrected chi connectivity index (χ1v) is 12.6. The molecule has 3 aromatic heterocycles. The summed E-state index contributed by atoms with van der Waals surface area (Å²) < 4.78 is 51.6. The fraction of sp³-hybridized carbons (Fsp3) is 0.370. The molecular weight excluding hydrogens is 532 g/mol. The van der Waals surface area contributed by atoms with Gasteiger partial charge in [-0.15, -0.1) is 0 Å². The summed E-state index contributed by atoms with van der Waals surface area (Å²) >= 11 is 0. The molecule has 0 radical (unpaired) electrons. The number of pyridine rings is 1. The average Bonchev–Trinajstić information content (AvgIpc) is 2.92. The Morgan fingerprint density at radius 1 is 1.02 bits per heavy atom. The number of nitrogens with two attached hydrogens (primary N) is 1. The van der Waals surface area contributed by atoms with Crippen LogP contribution in [0, 0.1) is 5.82 Å². The molecule has 214 valence electrons. The molecular formula is C27H30F4N6O3. The van der Waals surface area contributed by atoms with Gasteiger partial charge in [0.2, 0.25) is 0 Å². The Kier molecular flexibility index (Phi) is 10.1. The van der Waals surface area contributed by atoms with E-state index in [0.717, 1.165) is 6.20 Å².